The molecular weight excluding hydrogens is 262 g/mol. The molecule has 21 heavy (non-hydrogen) atoms. The van der Waals surface area contributed by atoms with Crippen molar-refractivity contribution in [1.29, 1.82) is 0 Å². The van der Waals surface area contributed by atoms with Crippen LogP contribution in [0.4, 0.5) is 0 Å². The SMILES string of the molecule is CCCC1=NN(Cc2cccc(C)c2)C(=O)C1CCCN. The number of hydrogen-bond acceptors (Lipinski definition) is 3. The number of carbonyl (C=O) groups excluding carboxylic acids is 1. The van der Waals surface area contributed by atoms with E-state index in [4.69, 9.17) is 5.73 Å². The van der Waals surface area contributed by atoms with Crippen LogP contribution in [0.2, 0.25) is 0 Å². The molecule has 1 unspecified atom stereocenters. The molecule has 4 heteroatoms. The van der Waals surface area contributed by atoms with Crippen LogP contribution in [-0.4, -0.2) is 23.2 Å². The van der Waals surface area contributed by atoms with Crippen LogP contribution in [0.25, 0.3) is 0 Å². The molecular formula is C17H25N3O. The van der Waals surface area contributed by atoms with Gasteiger partial charge in [0.05, 0.1) is 18.2 Å². The molecule has 0 fully saturated rings. The van der Waals surface area contributed by atoms with Crippen molar-refractivity contribution in [3.8, 4) is 0 Å². The first-order valence-electron chi connectivity index (χ1n) is 7.80. The zero-order valence-electron chi connectivity index (χ0n) is 13.0. The zero-order chi connectivity index (χ0) is 15.2. The number of hydrazone groups is 1. The quantitative estimate of drug-likeness (QED) is 0.838. The van der Waals surface area contributed by atoms with Crippen molar-refractivity contribution in [2.45, 2.75) is 46.1 Å². The van der Waals surface area contributed by atoms with Crippen molar-refractivity contribution in [2.75, 3.05) is 6.54 Å². The predicted octanol–water partition coefficient (Wildman–Crippen LogP) is 2.85. The normalized spacial score (nSPS) is 18.2. The third-order valence-electron chi connectivity index (χ3n) is 3.82. The first-order chi connectivity index (χ1) is 10.2. The molecule has 1 atom stereocenters. The highest BCUT2D eigenvalue weighted by Gasteiger charge is 2.34. The van der Waals surface area contributed by atoms with Crippen molar-refractivity contribution in [3.63, 3.8) is 0 Å². The summed E-state index contributed by atoms with van der Waals surface area (Å²) in [7, 11) is 0. The van der Waals surface area contributed by atoms with Crippen molar-refractivity contribution in [3.05, 3.63) is 35.4 Å². The maximum Gasteiger partial charge on any atom is 0.251 e. The van der Waals surface area contributed by atoms with Crippen LogP contribution < -0.4 is 5.73 Å². The second kappa shape index (κ2) is 7.36. The van der Waals surface area contributed by atoms with E-state index in [-0.39, 0.29) is 11.8 Å². The van der Waals surface area contributed by atoms with Crippen LogP contribution in [0.1, 0.15) is 43.7 Å². The predicted molar refractivity (Wildman–Crippen MR) is 85.9 cm³/mol. The van der Waals surface area contributed by atoms with Gasteiger partial charge in [-0.05, 0) is 38.3 Å². The van der Waals surface area contributed by atoms with E-state index in [0.717, 1.165) is 37.0 Å². The highest BCUT2D eigenvalue weighted by molar-refractivity contribution is 6.07. The molecule has 1 heterocycles. The highest BCUT2D eigenvalue weighted by atomic mass is 16.2. The van der Waals surface area contributed by atoms with Gasteiger partial charge in [0.15, 0.2) is 0 Å². The molecule has 0 spiro atoms. The number of rotatable bonds is 7. The summed E-state index contributed by atoms with van der Waals surface area (Å²) in [6, 6.07) is 8.23. The number of hydrogen-bond donors (Lipinski definition) is 1. The first kappa shape index (κ1) is 15.7. The summed E-state index contributed by atoms with van der Waals surface area (Å²) in [5.74, 6) is 0.0757. The van der Waals surface area contributed by atoms with Crippen LogP contribution >= 0.6 is 0 Å². The van der Waals surface area contributed by atoms with E-state index in [1.807, 2.05) is 12.1 Å². The molecule has 2 N–H and O–H groups in total. The maximum atomic E-state index is 12.6. The molecule has 1 aliphatic rings. The molecule has 1 aromatic carbocycles. The summed E-state index contributed by atoms with van der Waals surface area (Å²) in [4.78, 5) is 12.6. The van der Waals surface area contributed by atoms with E-state index >= 15 is 0 Å². The zero-order valence-corrected chi connectivity index (χ0v) is 13.0. The number of aryl methyl sites for hydroxylation is 1. The summed E-state index contributed by atoms with van der Waals surface area (Å²) in [5, 5.41) is 6.22. The van der Waals surface area contributed by atoms with Gasteiger partial charge in [0.1, 0.15) is 0 Å². The van der Waals surface area contributed by atoms with E-state index in [9.17, 15) is 4.79 Å². The maximum absolute atomic E-state index is 12.6. The molecule has 1 amide bonds. The molecule has 114 valence electrons. The topological polar surface area (TPSA) is 58.7 Å². The van der Waals surface area contributed by atoms with E-state index < -0.39 is 0 Å². The Balaban J connectivity index is 2.11. The summed E-state index contributed by atoms with van der Waals surface area (Å²) >= 11 is 0. The minimum absolute atomic E-state index is 0.0571. The van der Waals surface area contributed by atoms with Gasteiger partial charge in [-0.1, -0.05) is 43.2 Å². The summed E-state index contributed by atoms with van der Waals surface area (Å²) in [6.07, 6.45) is 3.60. The Morgan fingerprint density at radius 1 is 1.38 bits per heavy atom. The van der Waals surface area contributed by atoms with Crippen LogP contribution in [0.5, 0.6) is 0 Å². The van der Waals surface area contributed by atoms with Crippen molar-refractivity contribution >= 4 is 11.6 Å². The summed E-state index contributed by atoms with van der Waals surface area (Å²) in [6.45, 7) is 5.37. The smallest absolute Gasteiger partial charge is 0.251 e. The molecule has 1 aromatic rings. The number of carbonyl (C=O) groups is 1. The standard InChI is InChI=1S/C17H25N3O/c1-3-6-16-15(9-5-10-18)17(21)20(19-16)12-14-8-4-7-13(2)11-14/h4,7-8,11,15H,3,5-6,9-10,12,18H2,1-2H3. The molecule has 0 saturated carbocycles. The van der Waals surface area contributed by atoms with Gasteiger partial charge >= 0.3 is 0 Å². The Morgan fingerprint density at radius 3 is 2.86 bits per heavy atom. The number of amides is 1. The lowest BCUT2D eigenvalue weighted by molar-refractivity contribution is -0.132. The molecule has 0 aliphatic carbocycles. The van der Waals surface area contributed by atoms with E-state index in [2.05, 4.69) is 31.1 Å². The largest absolute Gasteiger partial charge is 0.330 e. The summed E-state index contributed by atoms with van der Waals surface area (Å²) < 4.78 is 0. The fraction of sp³-hybridized carbons (Fsp3) is 0.529. The Bertz CT molecular complexity index is 525. The molecule has 1 aliphatic heterocycles. The fourth-order valence-corrected chi connectivity index (χ4v) is 2.79. The van der Waals surface area contributed by atoms with E-state index in [1.54, 1.807) is 5.01 Å². The van der Waals surface area contributed by atoms with Gasteiger partial charge < -0.3 is 5.73 Å². The summed E-state index contributed by atoms with van der Waals surface area (Å²) in [5.41, 5.74) is 8.95. The lowest BCUT2D eigenvalue weighted by atomic mass is 9.94. The average Bonchev–Trinajstić information content (AvgIpc) is 2.73. The lowest BCUT2D eigenvalue weighted by Gasteiger charge is -2.14. The second-order valence-corrected chi connectivity index (χ2v) is 5.71. The molecule has 2 rings (SSSR count). The van der Waals surface area contributed by atoms with Crippen LogP contribution in [0.15, 0.2) is 29.4 Å². The Labute approximate surface area is 127 Å². The average molecular weight is 287 g/mol. The monoisotopic (exact) mass is 287 g/mol. The van der Waals surface area contributed by atoms with Gasteiger partial charge in [-0.15, -0.1) is 0 Å². The minimum Gasteiger partial charge on any atom is -0.330 e. The third-order valence-corrected chi connectivity index (χ3v) is 3.82. The van der Waals surface area contributed by atoms with E-state index in [1.165, 1.54) is 5.56 Å². The number of benzene rings is 1. The Kier molecular flexibility index (Phi) is 5.51. The van der Waals surface area contributed by atoms with Crippen molar-refractivity contribution < 1.29 is 4.79 Å². The lowest BCUT2D eigenvalue weighted by Crippen LogP contribution is -2.28. The van der Waals surface area contributed by atoms with Gasteiger partial charge in [0.2, 0.25) is 0 Å². The van der Waals surface area contributed by atoms with E-state index in [0.29, 0.717) is 13.1 Å². The molecule has 0 aromatic heterocycles. The van der Waals surface area contributed by atoms with Gasteiger partial charge in [0.25, 0.3) is 5.91 Å². The highest BCUT2D eigenvalue weighted by Crippen LogP contribution is 2.24. The first-order valence-corrected chi connectivity index (χ1v) is 7.80. The number of nitrogens with zero attached hydrogens (tertiary/aromatic N) is 2. The molecule has 0 radical (unpaired) electrons. The van der Waals surface area contributed by atoms with Gasteiger partial charge in [-0.3, -0.25) is 4.79 Å². The minimum atomic E-state index is -0.0571. The Morgan fingerprint density at radius 2 is 2.19 bits per heavy atom. The molecule has 4 nitrogen and oxygen atoms in total. The van der Waals surface area contributed by atoms with Crippen molar-refractivity contribution in [1.82, 2.24) is 5.01 Å². The van der Waals surface area contributed by atoms with Gasteiger partial charge in [0, 0.05) is 0 Å². The molecule has 0 saturated heterocycles. The Hall–Kier alpha value is -1.68. The van der Waals surface area contributed by atoms with Crippen LogP contribution in [-0.2, 0) is 11.3 Å². The fourth-order valence-electron chi connectivity index (χ4n) is 2.79. The molecule has 0 bridgehead atoms. The number of nitrogens with two attached hydrogens (primary N) is 1. The third kappa shape index (κ3) is 3.91. The van der Waals surface area contributed by atoms with Gasteiger partial charge in [-0.2, -0.15) is 5.10 Å². The van der Waals surface area contributed by atoms with Crippen LogP contribution in [0, 0.1) is 12.8 Å². The van der Waals surface area contributed by atoms with Crippen molar-refractivity contribution in [2.24, 2.45) is 16.8 Å². The van der Waals surface area contributed by atoms with Gasteiger partial charge in [-0.25, -0.2) is 5.01 Å². The van der Waals surface area contributed by atoms with Crippen LogP contribution in [0.3, 0.4) is 0 Å². The second-order valence-electron chi connectivity index (χ2n) is 5.71.